The number of piperazine rings is 1. The molecule has 2 aromatic rings. The molecule has 29 heavy (non-hydrogen) atoms. The Balaban J connectivity index is 0.000000298. The molecule has 0 aliphatic carbocycles. The number of aliphatic carboxylic acids is 1. The van der Waals surface area contributed by atoms with E-state index >= 15 is 0 Å². The number of furan rings is 1. The fourth-order valence-corrected chi connectivity index (χ4v) is 3.47. The summed E-state index contributed by atoms with van der Waals surface area (Å²) >= 11 is 0. The second kappa shape index (κ2) is 9.23. The van der Waals surface area contributed by atoms with E-state index in [4.69, 9.17) is 19.1 Å². The molecule has 2 aromatic heterocycles. The van der Waals surface area contributed by atoms with Crippen molar-refractivity contribution in [1.82, 2.24) is 19.8 Å². The maximum atomic E-state index is 10.6. The van der Waals surface area contributed by atoms with Crippen molar-refractivity contribution in [2.45, 2.75) is 31.3 Å². The minimum Gasteiger partial charge on any atom is -0.486 e. The SMILES string of the molecule is O=C(O)C(F)(F)F.c1ncc(OC2CC3CN(Cc4ccoc4)CCN3C2)cn1. The molecular weight excluding hydrogens is 393 g/mol. The van der Waals surface area contributed by atoms with Gasteiger partial charge >= 0.3 is 12.1 Å². The molecule has 0 spiro atoms. The van der Waals surface area contributed by atoms with Crippen LogP contribution in [0, 0.1) is 0 Å². The van der Waals surface area contributed by atoms with Gasteiger partial charge in [-0.05, 0) is 6.07 Å². The zero-order chi connectivity index (χ0) is 20.9. The van der Waals surface area contributed by atoms with Gasteiger partial charge in [0, 0.05) is 50.7 Å². The summed E-state index contributed by atoms with van der Waals surface area (Å²) in [7, 11) is 0. The molecule has 0 amide bonds. The Morgan fingerprint density at radius 1 is 1.28 bits per heavy atom. The molecule has 4 heterocycles. The molecule has 0 radical (unpaired) electrons. The number of aromatic nitrogens is 2. The molecule has 11 heteroatoms. The molecule has 0 aromatic carbocycles. The molecule has 0 saturated carbocycles. The summed E-state index contributed by atoms with van der Waals surface area (Å²) in [5.41, 5.74) is 1.25. The third-order valence-corrected chi connectivity index (χ3v) is 4.73. The molecule has 0 bridgehead atoms. The fourth-order valence-electron chi connectivity index (χ4n) is 3.47. The van der Waals surface area contributed by atoms with Crippen molar-refractivity contribution < 1.29 is 32.2 Å². The van der Waals surface area contributed by atoms with Crippen LogP contribution < -0.4 is 4.74 Å². The van der Waals surface area contributed by atoms with Crippen LogP contribution in [0.15, 0.2) is 41.7 Å². The van der Waals surface area contributed by atoms with Gasteiger partial charge in [0.1, 0.15) is 12.4 Å². The third-order valence-electron chi connectivity index (χ3n) is 4.73. The van der Waals surface area contributed by atoms with Crippen molar-refractivity contribution in [2.75, 3.05) is 26.2 Å². The number of rotatable bonds is 4. The number of hydrogen-bond donors (Lipinski definition) is 1. The first kappa shape index (κ1) is 21.1. The van der Waals surface area contributed by atoms with Crippen LogP contribution in [0.4, 0.5) is 13.2 Å². The number of ether oxygens (including phenoxy) is 1. The Labute approximate surface area is 164 Å². The average molecular weight is 414 g/mol. The van der Waals surface area contributed by atoms with Crippen LogP contribution in [0.25, 0.3) is 0 Å². The Hall–Kier alpha value is -2.66. The number of fused-ring (bicyclic) bond motifs is 1. The summed E-state index contributed by atoms with van der Waals surface area (Å²) in [6.45, 7) is 5.27. The highest BCUT2D eigenvalue weighted by molar-refractivity contribution is 5.73. The van der Waals surface area contributed by atoms with E-state index < -0.39 is 12.1 Å². The molecule has 1 N–H and O–H groups in total. The minimum absolute atomic E-state index is 0.241. The largest absolute Gasteiger partial charge is 0.490 e. The van der Waals surface area contributed by atoms with E-state index in [1.54, 1.807) is 18.7 Å². The van der Waals surface area contributed by atoms with Crippen LogP contribution in [0.1, 0.15) is 12.0 Å². The summed E-state index contributed by atoms with van der Waals surface area (Å²) in [6, 6.07) is 2.62. The van der Waals surface area contributed by atoms with Gasteiger partial charge in [0.05, 0.1) is 24.9 Å². The number of hydrogen-bond acceptors (Lipinski definition) is 7. The standard InChI is InChI=1S/C16H20N4O2.C2HF3O2/c1-4-21-11-13(1)8-19-2-3-20-10-15(5-14(20)9-19)22-16-6-17-12-18-7-16;3-2(4,5)1(6)7/h1,4,6-7,11-12,14-15H,2-3,5,8-10H2;(H,6,7). The Morgan fingerprint density at radius 3 is 2.62 bits per heavy atom. The molecular formula is C18H21F3N4O4. The summed E-state index contributed by atoms with van der Waals surface area (Å²) < 4.78 is 42.9. The molecule has 2 saturated heterocycles. The van der Waals surface area contributed by atoms with Gasteiger partial charge in [-0.2, -0.15) is 13.2 Å². The normalized spacial score (nSPS) is 22.4. The highest BCUT2D eigenvalue weighted by Crippen LogP contribution is 2.26. The van der Waals surface area contributed by atoms with Crippen LogP contribution in [0.3, 0.4) is 0 Å². The lowest BCUT2D eigenvalue weighted by molar-refractivity contribution is -0.192. The number of carboxylic acid groups (broad SMARTS) is 1. The molecule has 158 valence electrons. The number of alkyl halides is 3. The maximum Gasteiger partial charge on any atom is 0.490 e. The first-order valence-corrected chi connectivity index (χ1v) is 9.00. The van der Waals surface area contributed by atoms with Crippen molar-refractivity contribution in [1.29, 1.82) is 0 Å². The van der Waals surface area contributed by atoms with Crippen LogP contribution >= 0.6 is 0 Å². The van der Waals surface area contributed by atoms with Crippen LogP contribution in [-0.2, 0) is 11.3 Å². The number of nitrogens with zero attached hydrogens (tertiary/aromatic N) is 4. The second-order valence-corrected chi connectivity index (χ2v) is 6.87. The predicted octanol–water partition coefficient (Wildman–Crippen LogP) is 2.04. The van der Waals surface area contributed by atoms with Crippen LogP contribution in [0.2, 0.25) is 0 Å². The highest BCUT2D eigenvalue weighted by atomic mass is 19.4. The van der Waals surface area contributed by atoms with Crippen LogP contribution in [0.5, 0.6) is 5.75 Å². The van der Waals surface area contributed by atoms with Crippen molar-refractivity contribution in [3.63, 3.8) is 0 Å². The molecule has 2 aliphatic rings. The Kier molecular flexibility index (Phi) is 6.70. The van der Waals surface area contributed by atoms with E-state index in [0.29, 0.717) is 6.04 Å². The maximum absolute atomic E-state index is 10.6. The predicted molar refractivity (Wildman–Crippen MR) is 94.1 cm³/mol. The Morgan fingerprint density at radius 2 is 2.00 bits per heavy atom. The van der Waals surface area contributed by atoms with Crippen molar-refractivity contribution >= 4 is 5.97 Å². The summed E-state index contributed by atoms with van der Waals surface area (Å²) in [4.78, 5) is 21.9. The molecule has 2 fully saturated rings. The monoisotopic (exact) mass is 414 g/mol. The van der Waals surface area contributed by atoms with Gasteiger partial charge in [0.15, 0.2) is 5.75 Å². The molecule has 8 nitrogen and oxygen atoms in total. The summed E-state index contributed by atoms with van der Waals surface area (Å²) in [6.07, 6.45) is 4.79. The van der Waals surface area contributed by atoms with Gasteiger partial charge in [-0.25, -0.2) is 14.8 Å². The zero-order valence-corrected chi connectivity index (χ0v) is 15.5. The third kappa shape index (κ3) is 6.16. The fraction of sp³-hybridized carbons (Fsp3) is 0.500. The lowest BCUT2D eigenvalue weighted by atomic mass is 10.1. The number of carboxylic acids is 1. The van der Waals surface area contributed by atoms with E-state index in [0.717, 1.165) is 44.9 Å². The summed E-state index contributed by atoms with van der Waals surface area (Å²) in [5, 5.41) is 7.12. The molecule has 2 unspecified atom stereocenters. The highest BCUT2D eigenvalue weighted by Gasteiger charge is 2.38. The van der Waals surface area contributed by atoms with E-state index in [1.807, 2.05) is 12.3 Å². The number of halogens is 3. The van der Waals surface area contributed by atoms with Crippen molar-refractivity contribution in [3.05, 3.63) is 42.9 Å². The van der Waals surface area contributed by atoms with Crippen molar-refractivity contribution in [3.8, 4) is 5.75 Å². The quantitative estimate of drug-likeness (QED) is 0.813. The summed E-state index contributed by atoms with van der Waals surface area (Å²) in [5.74, 6) is -1.99. The number of carbonyl (C=O) groups is 1. The second-order valence-electron chi connectivity index (χ2n) is 6.87. The van der Waals surface area contributed by atoms with Gasteiger partial charge in [0.2, 0.25) is 0 Å². The van der Waals surface area contributed by atoms with E-state index in [2.05, 4.69) is 19.8 Å². The lowest BCUT2D eigenvalue weighted by Crippen LogP contribution is -2.49. The van der Waals surface area contributed by atoms with Gasteiger partial charge in [-0.15, -0.1) is 0 Å². The smallest absolute Gasteiger partial charge is 0.486 e. The molecule has 4 rings (SSSR count). The minimum atomic E-state index is -5.08. The van der Waals surface area contributed by atoms with Gasteiger partial charge < -0.3 is 14.3 Å². The van der Waals surface area contributed by atoms with Crippen LogP contribution in [-0.4, -0.2) is 75.3 Å². The van der Waals surface area contributed by atoms with Crippen molar-refractivity contribution in [2.24, 2.45) is 0 Å². The first-order valence-electron chi connectivity index (χ1n) is 9.00. The van der Waals surface area contributed by atoms with E-state index in [9.17, 15) is 13.2 Å². The Bertz CT molecular complexity index is 773. The zero-order valence-electron chi connectivity index (χ0n) is 15.5. The van der Waals surface area contributed by atoms with E-state index in [1.165, 1.54) is 11.9 Å². The molecule has 2 atom stereocenters. The van der Waals surface area contributed by atoms with Gasteiger partial charge in [-0.1, -0.05) is 0 Å². The van der Waals surface area contributed by atoms with Gasteiger partial charge in [0.25, 0.3) is 0 Å². The van der Waals surface area contributed by atoms with E-state index in [-0.39, 0.29) is 6.10 Å². The van der Waals surface area contributed by atoms with Gasteiger partial charge in [-0.3, -0.25) is 9.80 Å². The first-order chi connectivity index (χ1) is 13.8. The average Bonchev–Trinajstić information content (AvgIpc) is 3.31. The lowest BCUT2D eigenvalue weighted by Gasteiger charge is -2.36. The topological polar surface area (TPSA) is 91.9 Å². The molecule has 2 aliphatic heterocycles.